The average molecular weight is 326 g/mol. The van der Waals surface area contributed by atoms with Gasteiger partial charge in [0.25, 0.3) is 0 Å². The number of hydrogen-bond donors (Lipinski definition) is 0. The summed E-state index contributed by atoms with van der Waals surface area (Å²) in [6.45, 7) is 4.20. The van der Waals surface area contributed by atoms with Crippen LogP contribution in [0.3, 0.4) is 0 Å². The zero-order chi connectivity index (χ0) is 16.4. The molecule has 0 aliphatic carbocycles. The third-order valence-corrected chi connectivity index (χ3v) is 4.72. The van der Waals surface area contributed by atoms with Gasteiger partial charge in [0.1, 0.15) is 0 Å². The molecule has 0 radical (unpaired) electrons. The van der Waals surface area contributed by atoms with Crippen molar-refractivity contribution in [3.8, 4) is 0 Å². The second kappa shape index (κ2) is 6.75. The molecule has 1 atom stereocenters. The molecule has 0 saturated carbocycles. The van der Waals surface area contributed by atoms with Gasteiger partial charge in [-0.05, 0) is 24.1 Å². The fraction of sp³-hybridized carbons (Fsp3) is 0.444. The molecule has 1 saturated heterocycles. The van der Waals surface area contributed by atoms with Gasteiger partial charge in [-0.2, -0.15) is 5.10 Å². The van der Waals surface area contributed by atoms with Crippen LogP contribution < -0.4 is 4.90 Å². The molecule has 126 valence electrons. The Morgan fingerprint density at radius 1 is 1.25 bits per heavy atom. The molecule has 2 aromatic rings. The Balaban J connectivity index is 1.36. The van der Waals surface area contributed by atoms with E-state index in [1.165, 1.54) is 5.56 Å². The number of amides is 1. The minimum atomic E-state index is 0.0808. The molecule has 6 heteroatoms. The second-order valence-corrected chi connectivity index (χ2v) is 6.38. The Hall–Kier alpha value is -2.18. The lowest BCUT2D eigenvalue weighted by Crippen LogP contribution is -2.48. The Bertz CT molecular complexity index is 701. The van der Waals surface area contributed by atoms with Crippen molar-refractivity contribution in [1.29, 1.82) is 0 Å². The topological polar surface area (TPSA) is 50.6 Å². The summed E-state index contributed by atoms with van der Waals surface area (Å²) in [6, 6.07) is 10.1. The lowest BCUT2D eigenvalue weighted by Gasteiger charge is -2.33. The SMILES string of the molecule is O=C(CN1CCO[C@H](Cn2cccn2)C1)N1CCc2ccccc21. The zero-order valence-electron chi connectivity index (χ0n) is 13.7. The normalized spacial score (nSPS) is 21.0. The van der Waals surface area contributed by atoms with Crippen LogP contribution in [-0.2, 0) is 22.5 Å². The first-order chi connectivity index (χ1) is 11.8. The fourth-order valence-corrected chi connectivity index (χ4v) is 3.53. The number of rotatable bonds is 4. The summed E-state index contributed by atoms with van der Waals surface area (Å²) < 4.78 is 7.70. The van der Waals surface area contributed by atoms with E-state index in [0.717, 1.165) is 38.3 Å². The van der Waals surface area contributed by atoms with E-state index >= 15 is 0 Å². The van der Waals surface area contributed by atoms with Crippen molar-refractivity contribution in [3.05, 3.63) is 48.3 Å². The third-order valence-electron chi connectivity index (χ3n) is 4.72. The number of benzene rings is 1. The summed E-state index contributed by atoms with van der Waals surface area (Å²) in [5.74, 6) is 0.180. The van der Waals surface area contributed by atoms with Gasteiger partial charge in [-0.25, -0.2) is 0 Å². The highest BCUT2D eigenvalue weighted by Gasteiger charge is 2.28. The molecule has 2 aliphatic heterocycles. The van der Waals surface area contributed by atoms with Crippen LogP contribution in [-0.4, -0.2) is 59.5 Å². The molecule has 24 heavy (non-hydrogen) atoms. The van der Waals surface area contributed by atoms with Crippen molar-refractivity contribution in [1.82, 2.24) is 14.7 Å². The molecule has 3 heterocycles. The highest BCUT2D eigenvalue weighted by atomic mass is 16.5. The molecule has 1 aromatic carbocycles. The number of fused-ring (bicyclic) bond motifs is 1. The van der Waals surface area contributed by atoms with Crippen molar-refractivity contribution >= 4 is 11.6 Å². The van der Waals surface area contributed by atoms with E-state index in [9.17, 15) is 4.79 Å². The maximum absolute atomic E-state index is 12.7. The predicted molar refractivity (Wildman–Crippen MR) is 90.9 cm³/mol. The third kappa shape index (κ3) is 3.20. The minimum Gasteiger partial charge on any atom is -0.374 e. The number of hydrogen-bond acceptors (Lipinski definition) is 4. The largest absolute Gasteiger partial charge is 0.374 e. The van der Waals surface area contributed by atoms with Gasteiger partial charge >= 0.3 is 0 Å². The van der Waals surface area contributed by atoms with Crippen molar-refractivity contribution in [2.45, 2.75) is 19.1 Å². The van der Waals surface area contributed by atoms with Crippen molar-refractivity contribution in [2.75, 3.05) is 37.7 Å². The van der Waals surface area contributed by atoms with E-state index in [0.29, 0.717) is 13.2 Å². The Morgan fingerprint density at radius 2 is 2.17 bits per heavy atom. The number of carbonyl (C=O) groups is 1. The summed E-state index contributed by atoms with van der Waals surface area (Å²) in [6.07, 6.45) is 4.74. The number of anilines is 1. The first-order valence-corrected chi connectivity index (χ1v) is 8.49. The monoisotopic (exact) mass is 326 g/mol. The molecule has 0 N–H and O–H groups in total. The number of aromatic nitrogens is 2. The first-order valence-electron chi connectivity index (χ1n) is 8.49. The maximum atomic E-state index is 12.7. The predicted octanol–water partition coefficient (Wildman–Crippen LogP) is 1.17. The van der Waals surface area contributed by atoms with E-state index in [1.807, 2.05) is 40.0 Å². The van der Waals surface area contributed by atoms with Crippen LogP contribution in [0, 0.1) is 0 Å². The summed E-state index contributed by atoms with van der Waals surface area (Å²) >= 11 is 0. The van der Waals surface area contributed by atoms with Crippen LogP contribution in [0.1, 0.15) is 5.56 Å². The van der Waals surface area contributed by atoms with Crippen molar-refractivity contribution < 1.29 is 9.53 Å². The summed E-state index contributed by atoms with van der Waals surface area (Å²) in [5, 5.41) is 4.23. The molecular formula is C18H22N4O2. The standard InChI is InChI=1S/C18H22N4O2/c23-18(22-9-6-15-4-1-2-5-17(15)22)14-20-10-11-24-16(12-20)13-21-8-3-7-19-21/h1-5,7-8,16H,6,9-14H2/t16-/m0/s1. The molecule has 2 aliphatic rings. The highest BCUT2D eigenvalue weighted by molar-refractivity contribution is 5.96. The molecule has 0 spiro atoms. The van der Waals surface area contributed by atoms with E-state index in [-0.39, 0.29) is 12.0 Å². The summed E-state index contributed by atoms with van der Waals surface area (Å²) in [7, 11) is 0. The van der Waals surface area contributed by atoms with Crippen LogP contribution >= 0.6 is 0 Å². The van der Waals surface area contributed by atoms with Crippen LogP contribution in [0.15, 0.2) is 42.7 Å². The van der Waals surface area contributed by atoms with E-state index in [2.05, 4.69) is 16.1 Å². The van der Waals surface area contributed by atoms with Gasteiger partial charge in [-0.3, -0.25) is 14.4 Å². The second-order valence-electron chi connectivity index (χ2n) is 6.38. The molecule has 6 nitrogen and oxygen atoms in total. The minimum absolute atomic E-state index is 0.0808. The summed E-state index contributed by atoms with van der Waals surface area (Å²) in [5.41, 5.74) is 2.34. The Morgan fingerprint density at radius 3 is 3.04 bits per heavy atom. The van der Waals surface area contributed by atoms with Crippen LogP contribution in [0.4, 0.5) is 5.69 Å². The van der Waals surface area contributed by atoms with Gasteiger partial charge in [0.15, 0.2) is 0 Å². The average Bonchev–Trinajstić information content (AvgIpc) is 3.24. The van der Waals surface area contributed by atoms with Crippen molar-refractivity contribution in [2.24, 2.45) is 0 Å². The quantitative estimate of drug-likeness (QED) is 0.846. The summed E-state index contributed by atoms with van der Waals surface area (Å²) in [4.78, 5) is 16.8. The highest BCUT2D eigenvalue weighted by Crippen LogP contribution is 2.27. The molecule has 1 amide bonds. The molecule has 1 aromatic heterocycles. The lowest BCUT2D eigenvalue weighted by molar-refractivity contribution is -0.121. The van der Waals surface area contributed by atoms with Gasteiger partial charge in [0.05, 0.1) is 25.8 Å². The van der Waals surface area contributed by atoms with Crippen LogP contribution in [0.2, 0.25) is 0 Å². The van der Waals surface area contributed by atoms with Gasteiger partial charge < -0.3 is 9.64 Å². The molecular weight excluding hydrogens is 304 g/mol. The van der Waals surface area contributed by atoms with Gasteiger partial charge in [0.2, 0.25) is 5.91 Å². The van der Waals surface area contributed by atoms with Crippen LogP contribution in [0.25, 0.3) is 0 Å². The smallest absolute Gasteiger partial charge is 0.241 e. The first kappa shape index (κ1) is 15.4. The van der Waals surface area contributed by atoms with E-state index in [4.69, 9.17) is 4.74 Å². The molecule has 0 bridgehead atoms. The number of morpholine rings is 1. The van der Waals surface area contributed by atoms with Crippen molar-refractivity contribution in [3.63, 3.8) is 0 Å². The molecule has 1 fully saturated rings. The number of para-hydroxylation sites is 1. The molecule has 4 rings (SSSR count). The fourth-order valence-electron chi connectivity index (χ4n) is 3.53. The van der Waals surface area contributed by atoms with E-state index in [1.54, 1.807) is 6.20 Å². The van der Waals surface area contributed by atoms with Gasteiger partial charge in [0, 0.05) is 37.7 Å². The zero-order valence-corrected chi connectivity index (χ0v) is 13.7. The Labute approximate surface area is 141 Å². The Kier molecular flexibility index (Phi) is 4.32. The number of carbonyl (C=O) groups excluding carboxylic acids is 1. The van der Waals surface area contributed by atoms with E-state index < -0.39 is 0 Å². The van der Waals surface area contributed by atoms with Gasteiger partial charge in [-0.15, -0.1) is 0 Å². The number of nitrogens with zero attached hydrogens (tertiary/aromatic N) is 4. The molecule has 0 unspecified atom stereocenters. The van der Waals surface area contributed by atoms with Crippen LogP contribution in [0.5, 0.6) is 0 Å². The maximum Gasteiger partial charge on any atom is 0.241 e. The lowest BCUT2D eigenvalue weighted by atomic mass is 10.2. The van der Waals surface area contributed by atoms with Gasteiger partial charge in [-0.1, -0.05) is 18.2 Å². The number of ether oxygens (including phenoxy) is 1.